The second kappa shape index (κ2) is 7.53. The quantitative estimate of drug-likeness (QED) is 0.685. The van der Waals surface area contributed by atoms with Crippen LogP contribution in [0.2, 0.25) is 5.15 Å². The van der Waals surface area contributed by atoms with E-state index in [2.05, 4.69) is 10.4 Å². The third kappa shape index (κ3) is 3.73. The summed E-state index contributed by atoms with van der Waals surface area (Å²) in [5, 5.41) is 7.40. The first-order chi connectivity index (χ1) is 13.9. The van der Waals surface area contributed by atoms with E-state index in [1.54, 1.807) is 31.2 Å². The van der Waals surface area contributed by atoms with Gasteiger partial charge in [0.1, 0.15) is 10.7 Å². The van der Waals surface area contributed by atoms with Crippen LogP contribution in [0.25, 0.3) is 5.69 Å². The third-order valence-corrected chi connectivity index (χ3v) is 6.96. The van der Waals surface area contributed by atoms with Gasteiger partial charge in [-0.05, 0) is 49.7 Å². The summed E-state index contributed by atoms with van der Waals surface area (Å²) in [5.41, 5.74) is 2.69. The highest BCUT2D eigenvalue weighted by Crippen LogP contribution is 2.27. The van der Waals surface area contributed by atoms with Crippen LogP contribution in [-0.4, -0.2) is 36.4 Å². The second-order valence-electron chi connectivity index (χ2n) is 6.74. The Bertz CT molecular complexity index is 1160. The van der Waals surface area contributed by atoms with E-state index < -0.39 is 10.0 Å². The summed E-state index contributed by atoms with van der Waals surface area (Å²) in [6.07, 6.45) is 0.615. The highest BCUT2D eigenvalue weighted by atomic mass is 35.5. The van der Waals surface area contributed by atoms with E-state index >= 15 is 0 Å². The first-order valence-electron chi connectivity index (χ1n) is 9.09. The number of carbonyl (C=O) groups excluding carboxylic acids is 1. The number of halogens is 1. The Hall–Kier alpha value is -2.84. The minimum Gasteiger partial charge on any atom is -0.322 e. The van der Waals surface area contributed by atoms with Gasteiger partial charge in [0.25, 0.3) is 5.91 Å². The number of hydrogen-bond donors (Lipinski definition) is 1. The molecule has 1 aromatic heterocycles. The Morgan fingerprint density at radius 3 is 2.38 bits per heavy atom. The topological polar surface area (TPSA) is 84.3 Å². The van der Waals surface area contributed by atoms with Crippen LogP contribution in [0.15, 0.2) is 54.6 Å². The molecule has 2 aromatic carbocycles. The molecule has 2 heterocycles. The minimum absolute atomic E-state index is 0.161. The van der Waals surface area contributed by atoms with Crippen LogP contribution in [-0.2, 0) is 10.0 Å². The van der Waals surface area contributed by atoms with Gasteiger partial charge in [-0.25, -0.2) is 13.1 Å². The maximum Gasteiger partial charge on any atom is 0.260 e. The van der Waals surface area contributed by atoms with E-state index in [1.807, 2.05) is 30.3 Å². The summed E-state index contributed by atoms with van der Waals surface area (Å²) < 4.78 is 27.0. The van der Waals surface area contributed by atoms with Gasteiger partial charge >= 0.3 is 0 Å². The summed E-state index contributed by atoms with van der Waals surface area (Å²) >= 11 is 6.43. The van der Waals surface area contributed by atoms with E-state index in [1.165, 1.54) is 8.99 Å². The van der Waals surface area contributed by atoms with Gasteiger partial charge < -0.3 is 5.32 Å². The molecule has 1 aliphatic heterocycles. The van der Waals surface area contributed by atoms with Crippen LogP contribution in [0.4, 0.5) is 11.4 Å². The predicted octanol–water partition coefficient (Wildman–Crippen LogP) is 3.63. The molecule has 0 atom stereocenters. The lowest BCUT2D eigenvalue weighted by atomic mass is 10.2. The molecule has 4 rings (SSSR count). The molecule has 7 nitrogen and oxygen atoms in total. The molecule has 1 fully saturated rings. The summed E-state index contributed by atoms with van der Waals surface area (Å²) in [5.74, 6) is -0.217. The standard InChI is InChI=1S/C20H19ClN4O3S/c1-14-18(19(21)25(23-14)17-6-3-2-4-7-17)20(26)22-15-8-10-16(11-9-15)24-12-5-13-29(24,27)28/h2-4,6-11H,5,12-13H2,1H3,(H,22,26). The second-order valence-corrected chi connectivity index (χ2v) is 9.11. The predicted molar refractivity (Wildman–Crippen MR) is 113 cm³/mol. The van der Waals surface area contributed by atoms with Crippen LogP contribution in [0, 0.1) is 6.92 Å². The molecule has 1 amide bonds. The number of amides is 1. The average molecular weight is 431 g/mol. The molecule has 29 heavy (non-hydrogen) atoms. The van der Waals surface area contributed by atoms with Gasteiger partial charge in [0, 0.05) is 12.2 Å². The number of sulfonamides is 1. The van der Waals surface area contributed by atoms with Crippen molar-refractivity contribution < 1.29 is 13.2 Å². The van der Waals surface area contributed by atoms with E-state index in [4.69, 9.17) is 11.6 Å². The van der Waals surface area contributed by atoms with Gasteiger partial charge in [0.15, 0.2) is 0 Å². The number of nitrogens with one attached hydrogen (secondary N) is 1. The number of benzene rings is 2. The normalized spacial score (nSPS) is 15.4. The lowest BCUT2D eigenvalue weighted by Gasteiger charge is -2.17. The number of rotatable bonds is 4. The van der Waals surface area contributed by atoms with Gasteiger partial charge in [0.05, 0.1) is 22.8 Å². The third-order valence-electron chi connectivity index (χ3n) is 4.74. The lowest BCUT2D eigenvalue weighted by molar-refractivity contribution is 0.102. The first-order valence-corrected chi connectivity index (χ1v) is 11.1. The van der Waals surface area contributed by atoms with Gasteiger partial charge in [-0.2, -0.15) is 5.10 Å². The number of anilines is 2. The van der Waals surface area contributed by atoms with Crippen molar-refractivity contribution in [1.82, 2.24) is 9.78 Å². The van der Waals surface area contributed by atoms with Crippen LogP contribution in [0.1, 0.15) is 22.5 Å². The van der Waals surface area contributed by atoms with Crippen molar-refractivity contribution in [3.05, 3.63) is 71.0 Å². The Balaban J connectivity index is 1.55. The molecule has 0 aliphatic carbocycles. The Morgan fingerprint density at radius 2 is 1.76 bits per heavy atom. The van der Waals surface area contributed by atoms with Crippen molar-refractivity contribution in [3.8, 4) is 5.69 Å². The summed E-state index contributed by atoms with van der Waals surface area (Å²) in [7, 11) is -3.24. The molecule has 0 saturated carbocycles. The van der Waals surface area contributed by atoms with E-state index in [9.17, 15) is 13.2 Å². The monoisotopic (exact) mass is 430 g/mol. The van der Waals surface area contributed by atoms with Crippen molar-refractivity contribution in [2.45, 2.75) is 13.3 Å². The number of carbonyl (C=O) groups is 1. The Morgan fingerprint density at radius 1 is 1.07 bits per heavy atom. The summed E-state index contributed by atoms with van der Waals surface area (Å²) in [4.78, 5) is 12.8. The van der Waals surface area contributed by atoms with Crippen LogP contribution in [0.5, 0.6) is 0 Å². The van der Waals surface area contributed by atoms with E-state index in [0.29, 0.717) is 35.6 Å². The van der Waals surface area contributed by atoms with Gasteiger partial charge in [0.2, 0.25) is 10.0 Å². The van der Waals surface area contributed by atoms with Crippen LogP contribution in [0.3, 0.4) is 0 Å². The highest BCUT2D eigenvalue weighted by Gasteiger charge is 2.28. The number of hydrogen-bond acceptors (Lipinski definition) is 4. The fraction of sp³-hybridized carbons (Fsp3) is 0.200. The SMILES string of the molecule is Cc1nn(-c2ccccc2)c(Cl)c1C(=O)Nc1ccc(N2CCCS2(=O)=O)cc1. The zero-order valence-corrected chi connectivity index (χ0v) is 17.2. The molecule has 1 aliphatic rings. The van der Waals surface area contributed by atoms with Crippen molar-refractivity contribution >= 4 is 38.9 Å². The average Bonchev–Trinajstić information content (AvgIpc) is 3.21. The number of aromatic nitrogens is 2. The zero-order chi connectivity index (χ0) is 20.6. The molecule has 0 unspecified atom stereocenters. The maximum absolute atomic E-state index is 12.8. The van der Waals surface area contributed by atoms with Crippen molar-refractivity contribution in [3.63, 3.8) is 0 Å². The number of aryl methyl sites for hydroxylation is 1. The van der Waals surface area contributed by atoms with E-state index in [0.717, 1.165) is 5.69 Å². The van der Waals surface area contributed by atoms with Crippen molar-refractivity contribution in [2.24, 2.45) is 0 Å². The fourth-order valence-corrected chi connectivity index (χ4v) is 5.25. The van der Waals surface area contributed by atoms with Gasteiger partial charge in [-0.1, -0.05) is 29.8 Å². The van der Waals surface area contributed by atoms with Gasteiger partial charge in [-0.3, -0.25) is 9.10 Å². The fourth-order valence-electron chi connectivity index (χ4n) is 3.33. The molecular formula is C20H19ClN4O3S. The molecule has 150 valence electrons. The summed E-state index contributed by atoms with van der Waals surface area (Å²) in [6.45, 7) is 2.20. The number of para-hydroxylation sites is 1. The molecule has 3 aromatic rings. The zero-order valence-electron chi connectivity index (χ0n) is 15.7. The van der Waals surface area contributed by atoms with Crippen LogP contribution < -0.4 is 9.62 Å². The molecule has 1 saturated heterocycles. The minimum atomic E-state index is -3.24. The Kier molecular flexibility index (Phi) is 5.06. The molecule has 1 N–H and O–H groups in total. The van der Waals surface area contributed by atoms with Gasteiger partial charge in [-0.15, -0.1) is 0 Å². The van der Waals surface area contributed by atoms with E-state index in [-0.39, 0.29) is 16.8 Å². The van der Waals surface area contributed by atoms with Crippen LogP contribution >= 0.6 is 11.6 Å². The summed E-state index contributed by atoms with van der Waals surface area (Å²) in [6, 6.07) is 16.0. The lowest BCUT2D eigenvalue weighted by Crippen LogP contribution is -2.25. The molecular weight excluding hydrogens is 412 g/mol. The molecule has 0 spiro atoms. The van der Waals surface area contributed by atoms with Crippen molar-refractivity contribution in [1.29, 1.82) is 0 Å². The largest absolute Gasteiger partial charge is 0.322 e. The Labute approximate surface area is 174 Å². The molecule has 0 radical (unpaired) electrons. The maximum atomic E-state index is 12.8. The number of nitrogens with zero attached hydrogens (tertiary/aromatic N) is 3. The highest BCUT2D eigenvalue weighted by molar-refractivity contribution is 7.93. The first kappa shape index (κ1) is 19.5. The molecule has 9 heteroatoms. The van der Waals surface area contributed by atoms with Crippen molar-refractivity contribution in [2.75, 3.05) is 21.9 Å². The molecule has 0 bridgehead atoms. The smallest absolute Gasteiger partial charge is 0.260 e.